The monoisotopic (exact) mass is 275 g/mol. The number of halogens is 1. The first-order chi connectivity index (χ1) is 9.61. The number of hydrogen-bond donors (Lipinski definition) is 2. The van der Waals surface area contributed by atoms with Crippen molar-refractivity contribution in [2.24, 2.45) is 11.8 Å². The van der Waals surface area contributed by atoms with Gasteiger partial charge in [-0.15, -0.1) is 0 Å². The van der Waals surface area contributed by atoms with Crippen molar-refractivity contribution < 1.29 is 14.3 Å². The molecular formula is C16H18FNO2. The highest BCUT2D eigenvalue weighted by atomic mass is 19.1. The third kappa shape index (κ3) is 3.82. The van der Waals surface area contributed by atoms with Gasteiger partial charge in [0.1, 0.15) is 12.4 Å². The second-order valence-electron chi connectivity index (χ2n) is 5.18. The summed E-state index contributed by atoms with van der Waals surface area (Å²) >= 11 is 0. The summed E-state index contributed by atoms with van der Waals surface area (Å²) in [5.41, 5.74) is 0.474. The summed E-state index contributed by atoms with van der Waals surface area (Å²) in [4.78, 5) is 11.9. The Morgan fingerprint density at radius 2 is 2.30 bits per heavy atom. The summed E-state index contributed by atoms with van der Waals surface area (Å²) in [6.45, 7) is 2.40. The molecule has 1 aliphatic rings. The van der Waals surface area contributed by atoms with Crippen LogP contribution in [0.1, 0.15) is 35.7 Å². The number of rotatable bonds is 4. The predicted octanol–water partition coefficient (Wildman–Crippen LogP) is 1.95. The number of aliphatic hydroxyl groups excluding tert-OH is 1. The van der Waals surface area contributed by atoms with Crippen LogP contribution in [0.3, 0.4) is 0 Å². The van der Waals surface area contributed by atoms with Gasteiger partial charge in [-0.05, 0) is 42.9 Å². The number of carbonyl (C=O) groups is 1. The Balaban J connectivity index is 1.98. The van der Waals surface area contributed by atoms with Gasteiger partial charge < -0.3 is 10.4 Å². The lowest BCUT2D eigenvalue weighted by Gasteiger charge is -2.11. The molecule has 0 aromatic heterocycles. The van der Waals surface area contributed by atoms with Gasteiger partial charge in [-0.3, -0.25) is 4.79 Å². The van der Waals surface area contributed by atoms with Gasteiger partial charge in [0, 0.05) is 12.1 Å². The average Bonchev–Trinajstić information content (AvgIpc) is 3.26. The van der Waals surface area contributed by atoms with Crippen molar-refractivity contribution in [3.05, 3.63) is 35.1 Å². The van der Waals surface area contributed by atoms with Gasteiger partial charge in [0.15, 0.2) is 0 Å². The molecule has 0 saturated heterocycles. The minimum Gasteiger partial charge on any atom is -0.384 e. The lowest BCUT2D eigenvalue weighted by Crippen LogP contribution is -2.29. The normalized spacial score (nSPS) is 15.2. The van der Waals surface area contributed by atoms with Gasteiger partial charge >= 0.3 is 0 Å². The van der Waals surface area contributed by atoms with E-state index >= 15 is 0 Å². The number of carbonyl (C=O) groups excluding carboxylic acids is 1. The summed E-state index contributed by atoms with van der Waals surface area (Å²) in [6, 6.07) is 4.21. The molecule has 0 heterocycles. The quantitative estimate of drug-likeness (QED) is 0.825. The molecule has 0 aliphatic heterocycles. The fraction of sp³-hybridized carbons (Fsp3) is 0.438. The lowest BCUT2D eigenvalue weighted by molar-refractivity contribution is 0.0942. The Morgan fingerprint density at radius 1 is 1.55 bits per heavy atom. The molecule has 3 nitrogen and oxygen atoms in total. The molecule has 20 heavy (non-hydrogen) atoms. The Hall–Kier alpha value is -1.86. The number of benzene rings is 1. The maximum absolute atomic E-state index is 13.8. The van der Waals surface area contributed by atoms with Crippen molar-refractivity contribution in [2.45, 2.75) is 19.8 Å². The first-order valence-corrected chi connectivity index (χ1v) is 6.79. The van der Waals surface area contributed by atoms with Crippen molar-refractivity contribution in [2.75, 3.05) is 13.2 Å². The lowest BCUT2D eigenvalue weighted by atomic mass is 10.1. The summed E-state index contributed by atoms with van der Waals surface area (Å²) in [5, 5.41) is 11.3. The van der Waals surface area contributed by atoms with E-state index in [9.17, 15) is 9.18 Å². The molecule has 1 aromatic carbocycles. The van der Waals surface area contributed by atoms with E-state index in [0.29, 0.717) is 23.9 Å². The van der Waals surface area contributed by atoms with E-state index in [4.69, 9.17) is 5.11 Å². The van der Waals surface area contributed by atoms with Gasteiger partial charge in [-0.1, -0.05) is 18.8 Å². The molecule has 2 N–H and O–H groups in total. The molecule has 1 saturated carbocycles. The van der Waals surface area contributed by atoms with Gasteiger partial charge in [-0.25, -0.2) is 4.39 Å². The van der Waals surface area contributed by atoms with E-state index in [-0.39, 0.29) is 12.2 Å². The fourth-order valence-corrected chi connectivity index (χ4v) is 2.10. The number of amides is 1. The summed E-state index contributed by atoms with van der Waals surface area (Å²) in [6.07, 6.45) is 2.45. The van der Waals surface area contributed by atoms with Crippen molar-refractivity contribution in [1.82, 2.24) is 5.32 Å². The molecule has 0 radical (unpaired) electrons. The van der Waals surface area contributed by atoms with Crippen LogP contribution in [0.25, 0.3) is 0 Å². The fourth-order valence-electron chi connectivity index (χ4n) is 2.10. The molecule has 1 atom stereocenters. The van der Waals surface area contributed by atoms with Crippen LogP contribution in [0.4, 0.5) is 4.39 Å². The highest BCUT2D eigenvalue weighted by Crippen LogP contribution is 2.36. The molecule has 1 aromatic rings. The molecule has 1 unspecified atom stereocenters. The van der Waals surface area contributed by atoms with Gasteiger partial charge in [0.2, 0.25) is 0 Å². The van der Waals surface area contributed by atoms with Crippen LogP contribution >= 0.6 is 0 Å². The molecule has 106 valence electrons. The van der Waals surface area contributed by atoms with E-state index in [1.165, 1.54) is 25.0 Å². The number of hydrogen-bond acceptors (Lipinski definition) is 2. The molecule has 0 spiro atoms. The topological polar surface area (TPSA) is 49.3 Å². The van der Waals surface area contributed by atoms with Gasteiger partial charge in [0.25, 0.3) is 5.91 Å². The standard InChI is InChI=1S/C16H18FNO2/c1-11(13-5-6-13)10-18-16(20)14-7-4-12(3-2-8-19)9-15(14)17/h4,7,9,11,13,19H,5-6,8,10H2,1H3,(H,18,20). The zero-order valence-corrected chi connectivity index (χ0v) is 11.4. The van der Waals surface area contributed by atoms with Crippen molar-refractivity contribution in [3.63, 3.8) is 0 Å². The zero-order chi connectivity index (χ0) is 14.5. The molecule has 2 rings (SSSR count). The maximum atomic E-state index is 13.8. The minimum absolute atomic E-state index is 0.0301. The third-order valence-electron chi connectivity index (χ3n) is 3.54. The summed E-state index contributed by atoms with van der Waals surface area (Å²) < 4.78 is 13.8. The van der Waals surface area contributed by atoms with E-state index in [0.717, 1.165) is 0 Å². The molecule has 1 aliphatic carbocycles. The van der Waals surface area contributed by atoms with E-state index in [1.54, 1.807) is 6.07 Å². The zero-order valence-electron chi connectivity index (χ0n) is 11.4. The number of aliphatic hydroxyl groups is 1. The van der Waals surface area contributed by atoms with Gasteiger partial charge in [-0.2, -0.15) is 0 Å². The Kier molecular flexibility index (Phi) is 4.75. The van der Waals surface area contributed by atoms with E-state index < -0.39 is 11.7 Å². The first-order valence-electron chi connectivity index (χ1n) is 6.79. The third-order valence-corrected chi connectivity index (χ3v) is 3.54. The second kappa shape index (κ2) is 6.53. The van der Waals surface area contributed by atoms with Crippen LogP contribution in [0, 0.1) is 29.5 Å². The van der Waals surface area contributed by atoms with Crippen molar-refractivity contribution >= 4 is 5.91 Å². The molecule has 0 bridgehead atoms. The van der Waals surface area contributed by atoms with Crippen LogP contribution in [-0.2, 0) is 0 Å². The second-order valence-corrected chi connectivity index (χ2v) is 5.18. The highest BCUT2D eigenvalue weighted by molar-refractivity contribution is 5.94. The Morgan fingerprint density at radius 3 is 2.90 bits per heavy atom. The predicted molar refractivity (Wildman–Crippen MR) is 74.6 cm³/mol. The molecular weight excluding hydrogens is 257 g/mol. The Bertz CT molecular complexity index is 555. The maximum Gasteiger partial charge on any atom is 0.254 e. The highest BCUT2D eigenvalue weighted by Gasteiger charge is 2.28. The SMILES string of the molecule is CC(CNC(=O)c1ccc(C#CCO)cc1F)C1CC1. The summed E-state index contributed by atoms with van der Waals surface area (Å²) in [5.74, 6) is 5.20. The smallest absolute Gasteiger partial charge is 0.254 e. The van der Waals surface area contributed by atoms with Crippen molar-refractivity contribution in [3.8, 4) is 11.8 Å². The average molecular weight is 275 g/mol. The molecule has 4 heteroatoms. The molecule has 1 amide bonds. The minimum atomic E-state index is -0.591. The van der Waals surface area contributed by atoms with E-state index in [1.807, 2.05) is 0 Å². The van der Waals surface area contributed by atoms with Crippen LogP contribution in [-0.4, -0.2) is 24.2 Å². The Labute approximate surface area is 118 Å². The summed E-state index contributed by atoms with van der Waals surface area (Å²) in [7, 11) is 0. The number of nitrogens with one attached hydrogen (secondary N) is 1. The van der Waals surface area contributed by atoms with Crippen LogP contribution in [0.15, 0.2) is 18.2 Å². The van der Waals surface area contributed by atoms with Crippen molar-refractivity contribution in [1.29, 1.82) is 0 Å². The van der Waals surface area contributed by atoms with Gasteiger partial charge in [0.05, 0.1) is 5.56 Å². The van der Waals surface area contributed by atoms with Crippen LogP contribution in [0.5, 0.6) is 0 Å². The van der Waals surface area contributed by atoms with Crippen LogP contribution in [0.2, 0.25) is 0 Å². The van der Waals surface area contributed by atoms with E-state index in [2.05, 4.69) is 24.1 Å². The largest absolute Gasteiger partial charge is 0.384 e. The first kappa shape index (κ1) is 14.5. The molecule has 1 fully saturated rings. The van der Waals surface area contributed by atoms with Crippen LogP contribution < -0.4 is 5.32 Å².